The normalized spacial score (nSPS) is 30.3. The molecule has 2 aliphatic heterocycles. The first kappa shape index (κ1) is 13.9. The fourth-order valence-electron chi connectivity index (χ4n) is 4.15. The van der Waals surface area contributed by atoms with Crippen LogP contribution in [0.1, 0.15) is 39.5 Å². The Morgan fingerprint density at radius 1 is 1.09 bits per heavy atom. The van der Waals surface area contributed by atoms with Gasteiger partial charge in [-0.1, -0.05) is 0 Å². The van der Waals surface area contributed by atoms with Gasteiger partial charge in [-0.25, -0.2) is 0 Å². The Hall–Kier alpha value is -1.76. The number of fused-ring (bicyclic) bond motifs is 1. The molecule has 0 radical (unpaired) electrons. The minimum absolute atomic E-state index is 0.632. The second kappa shape index (κ2) is 5.46. The summed E-state index contributed by atoms with van der Waals surface area (Å²) in [7, 11) is 0. The first-order valence-corrected chi connectivity index (χ1v) is 8.30. The van der Waals surface area contributed by atoms with Crippen LogP contribution < -0.4 is 4.90 Å². The molecule has 4 rings (SSSR count). The summed E-state index contributed by atoms with van der Waals surface area (Å²) < 4.78 is 1.51. The second-order valence-corrected chi connectivity index (χ2v) is 6.68. The van der Waals surface area contributed by atoms with Gasteiger partial charge in [0.25, 0.3) is 0 Å². The third-order valence-corrected chi connectivity index (χ3v) is 5.22. The maximum absolute atomic E-state index is 4.55. The molecule has 0 saturated carbocycles. The lowest BCUT2D eigenvalue weighted by Crippen LogP contribution is -2.51. The third kappa shape index (κ3) is 2.33. The van der Waals surface area contributed by atoms with Crippen molar-refractivity contribution in [3.8, 4) is 0 Å². The van der Waals surface area contributed by atoms with Crippen molar-refractivity contribution in [2.24, 2.45) is 0 Å². The van der Waals surface area contributed by atoms with Crippen molar-refractivity contribution in [3.63, 3.8) is 0 Å². The van der Waals surface area contributed by atoms with E-state index in [0.29, 0.717) is 23.8 Å². The van der Waals surface area contributed by atoms with Crippen LogP contribution in [-0.4, -0.2) is 61.4 Å². The van der Waals surface area contributed by atoms with Crippen LogP contribution >= 0.6 is 0 Å². The molecule has 2 aliphatic rings. The zero-order chi connectivity index (χ0) is 15.1. The molecule has 3 atom stereocenters. The van der Waals surface area contributed by atoms with E-state index in [2.05, 4.69) is 44.3 Å². The van der Waals surface area contributed by atoms with Gasteiger partial charge in [-0.15, -0.1) is 14.8 Å². The quantitative estimate of drug-likeness (QED) is 0.834. The van der Waals surface area contributed by atoms with E-state index in [1.54, 1.807) is 0 Å². The first-order valence-electron chi connectivity index (χ1n) is 8.30. The summed E-state index contributed by atoms with van der Waals surface area (Å²) in [6.07, 6.45) is 5.16. The molecule has 2 saturated heterocycles. The molecule has 0 spiro atoms. The lowest BCUT2D eigenvalue weighted by molar-refractivity contribution is 0.129. The van der Waals surface area contributed by atoms with E-state index >= 15 is 0 Å². The predicted molar refractivity (Wildman–Crippen MR) is 83.8 cm³/mol. The average Bonchev–Trinajstić information content (AvgIpc) is 3.13. The molecular weight excluding hydrogens is 278 g/mol. The monoisotopic (exact) mass is 301 g/mol. The number of piperidine rings is 1. The summed E-state index contributed by atoms with van der Waals surface area (Å²) in [6, 6.07) is 6.01. The van der Waals surface area contributed by atoms with Gasteiger partial charge in [0.2, 0.25) is 0 Å². The molecule has 4 heterocycles. The molecule has 118 valence electrons. The van der Waals surface area contributed by atoms with Gasteiger partial charge in [0.15, 0.2) is 11.5 Å². The number of likely N-dealkylation sites (tertiary alicyclic amines) is 1. The highest BCUT2D eigenvalue weighted by Gasteiger charge is 2.35. The number of hydrogen-bond donors (Lipinski definition) is 0. The van der Waals surface area contributed by atoms with Gasteiger partial charge in [-0.05, 0) is 62.1 Å². The van der Waals surface area contributed by atoms with Gasteiger partial charge in [0.05, 0.1) is 0 Å². The number of tetrazole rings is 1. The molecule has 22 heavy (non-hydrogen) atoms. The van der Waals surface area contributed by atoms with Gasteiger partial charge in [-0.2, -0.15) is 0 Å². The summed E-state index contributed by atoms with van der Waals surface area (Å²) in [5.74, 6) is 0.976. The van der Waals surface area contributed by atoms with Gasteiger partial charge >= 0.3 is 0 Å². The van der Waals surface area contributed by atoms with E-state index in [4.69, 9.17) is 0 Å². The largest absolute Gasteiger partial charge is 0.354 e. The second-order valence-electron chi connectivity index (χ2n) is 6.68. The van der Waals surface area contributed by atoms with Crippen LogP contribution in [0.5, 0.6) is 0 Å². The maximum atomic E-state index is 4.55. The minimum atomic E-state index is 0.632. The number of hydrogen-bond acceptors (Lipinski definition) is 6. The molecule has 2 aromatic heterocycles. The smallest absolute Gasteiger partial charge is 0.200 e. The molecule has 2 fully saturated rings. The number of aromatic nitrogens is 5. The van der Waals surface area contributed by atoms with Crippen LogP contribution in [0.2, 0.25) is 0 Å². The van der Waals surface area contributed by atoms with Crippen LogP contribution in [0.25, 0.3) is 5.65 Å². The highest BCUT2D eigenvalue weighted by Crippen LogP contribution is 2.30. The maximum Gasteiger partial charge on any atom is 0.200 e. The van der Waals surface area contributed by atoms with Crippen molar-refractivity contribution in [2.45, 2.75) is 57.7 Å². The molecule has 0 amide bonds. The van der Waals surface area contributed by atoms with Crippen LogP contribution in [0.3, 0.4) is 0 Å². The first-order chi connectivity index (χ1) is 10.7. The summed E-state index contributed by atoms with van der Waals surface area (Å²) >= 11 is 0. The third-order valence-electron chi connectivity index (χ3n) is 5.22. The van der Waals surface area contributed by atoms with E-state index in [1.165, 1.54) is 30.3 Å². The van der Waals surface area contributed by atoms with Gasteiger partial charge < -0.3 is 4.90 Å². The molecule has 0 bridgehead atoms. The summed E-state index contributed by atoms with van der Waals surface area (Å²) in [5, 5.41) is 16.0. The van der Waals surface area contributed by atoms with Crippen molar-refractivity contribution in [1.82, 2.24) is 30.2 Å². The minimum Gasteiger partial charge on any atom is -0.354 e. The predicted octanol–water partition coefficient (Wildman–Crippen LogP) is 1.36. The fraction of sp³-hybridized carbons (Fsp3) is 0.733. The number of nitrogens with zero attached hydrogens (tertiary/aromatic N) is 7. The van der Waals surface area contributed by atoms with E-state index in [9.17, 15) is 0 Å². The van der Waals surface area contributed by atoms with Crippen molar-refractivity contribution in [2.75, 3.05) is 18.0 Å². The average molecular weight is 301 g/mol. The molecule has 0 N–H and O–H groups in total. The Morgan fingerprint density at radius 3 is 2.73 bits per heavy atom. The van der Waals surface area contributed by atoms with Crippen LogP contribution in [0, 0.1) is 0 Å². The molecule has 3 unspecified atom stereocenters. The number of rotatable bonds is 2. The van der Waals surface area contributed by atoms with E-state index < -0.39 is 0 Å². The Morgan fingerprint density at radius 2 is 1.91 bits per heavy atom. The van der Waals surface area contributed by atoms with Crippen molar-refractivity contribution < 1.29 is 0 Å². The van der Waals surface area contributed by atoms with Gasteiger partial charge in [0, 0.05) is 31.2 Å². The van der Waals surface area contributed by atoms with E-state index in [-0.39, 0.29) is 0 Å². The van der Waals surface area contributed by atoms with Crippen LogP contribution in [0.4, 0.5) is 5.82 Å². The van der Waals surface area contributed by atoms with Crippen LogP contribution in [-0.2, 0) is 0 Å². The lowest BCUT2D eigenvalue weighted by atomic mass is 10.0. The highest BCUT2D eigenvalue weighted by atomic mass is 15.6. The molecule has 2 aromatic rings. The number of anilines is 1. The Balaban J connectivity index is 1.55. The highest BCUT2D eigenvalue weighted by molar-refractivity contribution is 5.44. The summed E-state index contributed by atoms with van der Waals surface area (Å²) in [5.41, 5.74) is 0.694. The Labute approximate surface area is 130 Å². The lowest BCUT2D eigenvalue weighted by Gasteiger charge is -2.41. The van der Waals surface area contributed by atoms with Crippen molar-refractivity contribution in [1.29, 1.82) is 0 Å². The molecule has 7 heteroatoms. The molecule has 0 aliphatic carbocycles. The standard InChI is InChI=1S/C15H23N7/c1-11-5-6-12(2)21(11)13-4-3-9-20(10-13)15-8-7-14-16-18-19-22(14)17-15/h7-8,11-13H,3-6,9-10H2,1-2H3. The van der Waals surface area contributed by atoms with Gasteiger partial charge in [0.1, 0.15) is 0 Å². The van der Waals surface area contributed by atoms with E-state index in [1.807, 2.05) is 12.1 Å². The van der Waals surface area contributed by atoms with E-state index in [0.717, 1.165) is 18.9 Å². The molecular formula is C15H23N7. The molecule has 7 nitrogen and oxygen atoms in total. The topological polar surface area (TPSA) is 62.5 Å². The van der Waals surface area contributed by atoms with Gasteiger partial charge in [-0.3, -0.25) is 4.90 Å². The summed E-state index contributed by atoms with van der Waals surface area (Å²) in [4.78, 5) is 5.11. The van der Waals surface area contributed by atoms with Crippen molar-refractivity contribution >= 4 is 11.5 Å². The molecule has 0 aromatic carbocycles. The Bertz CT molecular complexity index is 644. The van der Waals surface area contributed by atoms with Crippen molar-refractivity contribution in [3.05, 3.63) is 12.1 Å². The zero-order valence-corrected chi connectivity index (χ0v) is 13.3. The zero-order valence-electron chi connectivity index (χ0n) is 13.3. The Kier molecular flexibility index (Phi) is 3.44. The fourth-order valence-corrected chi connectivity index (χ4v) is 4.15. The van der Waals surface area contributed by atoms with Crippen LogP contribution in [0.15, 0.2) is 12.1 Å². The SMILES string of the molecule is CC1CCC(C)N1C1CCCN(c2ccc3nnnn3n2)C1. The summed E-state index contributed by atoms with van der Waals surface area (Å²) in [6.45, 7) is 6.85.